The van der Waals surface area contributed by atoms with Crippen LogP contribution in [0.15, 0.2) is 59.4 Å². The monoisotopic (exact) mass is 393 g/mol. The van der Waals surface area contributed by atoms with Gasteiger partial charge < -0.3 is 15.0 Å². The van der Waals surface area contributed by atoms with Crippen LogP contribution in [0.2, 0.25) is 0 Å². The third-order valence-electron chi connectivity index (χ3n) is 4.82. The lowest BCUT2D eigenvalue weighted by Crippen LogP contribution is -2.28. The lowest BCUT2D eigenvalue weighted by molar-refractivity contribution is 0.143. The number of aromatic amines is 2. The number of H-pyrrole nitrogens is 2. The predicted molar refractivity (Wildman–Crippen MR) is 109 cm³/mol. The molecular weight excluding hydrogens is 374 g/mol. The topological polar surface area (TPSA) is 87.0 Å². The largest absolute Gasteiger partial charge is 0.449 e. The van der Waals surface area contributed by atoms with E-state index in [2.05, 4.69) is 39.6 Å². The molecule has 6 nitrogen and oxygen atoms in total. The molecule has 1 aliphatic rings. The van der Waals surface area contributed by atoms with Gasteiger partial charge in [-0.1, -0.05) is 48.5 Å². The fourth-order valence-corrected chi connectivity index (χ4v) is 3.83. The maximum absolute atomic E-state index is 12.1. The molecular formula is C21H19N3O3S. The summed E-state index contributed by atoms with van der Waals surface area (Å²) in [4.78, 5) is 28.9. The minimum Gasteiger partial charge on any atom is -0.449 e. The molecule has 1 aliphatic carbocycles. The molecule has 0 fully saturated rings. The number of fused-ring (bicyclic) bond motifs is 3. The average Bonchev–Trinajstić information content (AvgIpc) is 3.00. The lowest BCUT2D eigenvalue weighted by atomic mass is 9.98. The molecule has 0 aliphatic heterocycles. The normalized spacial score (nSPS) is 12.3. The molecule has 7 heteroatoms. The van der Waals surface area contributed by atoms with Crippen molar-refractivity contribution in [1.82, 2.24) is 15.3 Å². The summed E-state index contributed by atoms with van der Waals surface area (Å²) in [6.45, 7) is 0.610. The van der Waals surface area contributed by atoms with Crippen molar-refractivity contribution in [2.45, 2.75) is 12.3 Å². The summed E-state index contributed by atoms with van der Waals surface area (Å²) in [6, 6.07) is 17.8. The summed E-state index contributed by atoms with van der Waals surface area (Å²) in [5.41, 5.74) is 5.13. The molecule has 1 amide bonds. The van der Waals surface area contributed by atoms with Gasteiger partial charge in [0.2, 0.25) is 0 Å². The van der Waals surface area contributed by atoms with Crippen molar-refractivity contribution in [2.75, 3.05) is 13.2 Å². The van der Waals surface area contributed by atoms with E-state index in [1.165, 1.54) is 28.3 Å². The van der Waals surface area contributed by atoms with E-state index in [9.17, 15) is 9.59 Å². The molecule has 0 bridgehead atoms. The number of carbonyl (C=O) groups is 1. The number of hydrogen-bond donors (Lipinski definition) is 3. The number of amides is 1. The third kappa shape index (κ3) is 3.75. The third-order valence-corrected chi connectivity index (χ3v) is 5.03. The van der Waals surface area contributed by atoms with Crippen molar-refractivity contribution in [2.24, 2.45) is 0 Å². The first-order valence-corrected chi connectivity index (χ1v) is 9.44. The summed E-state index contributed by atoms with van der Waals surface area (Å²) >= 11 is 4.93. The molecule has 0 saturated heterocycles. The molecule has 1 aromatic heterocycles. The van der Waals surface area contributed by atoms with Crippen LogP contribution < -0.4 is 10.9 Å². The van der Waals surface area contributed by atoms with Gasteiger partial charge in [-0.05, 0) is 34.5 Å². The van der Waals surface area contributed by atoms with Crippen molar-refractivity contribution in [3.8, 4) is 11.1 Å². The number of hydrogen-bond acceptors (Lipinski definition) is 4. The van der Waals surface area contributed by atoms with Gasteiger partial charge in [0.05, 0.1) is 0 Å². The van der Waals surface area contributed by atoms with Gasteiger partial charge in [0.15, 0.2) is 4.77 Å². The lowest BCUT2D eigenvalue weighted by Gasteiger charge is -2.14. The number of carbonyl (C=O) groups excluding carboxylic acids is 1. The summed E-state index contributed by atoms with van der Waals surface area (Å²) in [7, 11) is 0. The van der Waals surface area contributed by atoms with E-state index in [4.69, 9.17) is 17.0 Å². The van der Waals surface area contributed by atoms with Crippen LogP contribution >= 0.6 is 12.2 Å². The zero-order valence-corrected chi connectivity index (χ0v) is 15.8. The molecule has 0 unspecified atom stereocenters. The molecule has 3 aromatic rings. The molecule has 2 aromatic carbocycles. The van der Waals surface area contributed by atoms with E-state index in [1.54, 1.807) is 0 Å². The molecule has 3 N–H and O–H groups in total. The minimum absolute atomic E-state index is 0.0296. The van der Waals surface area contributed by atoms with E-state index in [0.29, 0.717) is 18.7 Å². The highest BCUT2D eigenvalue weighted by atomic mass is 32.1. The Morgan fingerprint density at radius 3 is 2.32 bits per heavy atom. The Morgan fingerprint density at radius 2 is 1.68 bits per heavy atom. The van der Waals surface area contributed by atoms with Crippen LogP contribution in [-0.2, 0) is 11.2 Å². The van der Waals surface area contributed by atoms with Gasteiger partial charge in [-0.25, -0.2) is 4.79 Å². The SMILES string of the molecule is O=C(NCCc1cc(=O)[nH]c(=S)[nH]1)OCC1c2ccccc2-c2ccccc21. The highest BCUT2D eigenvalue weighted by molar-refractivity contribution is 7.71. The molecule has 28 heavy (non-hydrogen) atoms. The number of rotatable bonds is 5. The molecule has 0 radical (unpaired) electrons. The van der Waals surface area contributed by atoms with Crippen molar-refractivity contribution >= 4 is 18.3 Å². The Morgan fingerprint density at radius 1 is 1.04 bits per heavy atom. The standard InChI is InChI=1S/C21H19N3O3S/c25-19-11-13(23-20(28)24-19)9-10-22-21(26)27-12-18-16-7-3-1-5-14(16)15-6-2-4-8-17(15)18/h1-8,11,18H,9-10,12H2,(H,22,26)(H2,23,24,25,28). The van der Waals surface area contributed by atoms with Gasteiger partial charge in [-0.2, -0.15) is 0 Å². The van der Waals surface area contributed by atoms with Crippen LogP contribution in [0, 0.1) is 4.77 Å². The van der Waals surface area contributed by atoms with Crippen molar-refractivity contribution < 1.29 is 9.53 Å². The van der Waals surface area contributed by atoms with E-state index in [0.717, 1.165) is 0 Å². The van der Waals surface area contributed by atoms with Gasteiger partial charge in [-0.3, -0.25) is 9.78 Å². The number of ether oxygens (including phenoxy) is 1. The van der Waals surface area contributed by atoms with E-state index < -0.39 is 6.09 Å². The van der Waals surface area contributed by atoms with Crippen LogP contribution in [0.25, 0.3) is 11.1 Å². The van der Waals surface area contributed by atoms with Crippen LogP contribution in [-0.4, -0.2) is 29.2 Å². The molecule has 142 valence electrons. The Kier molecular flexibility index (Phi) is 5.08. The summed E-state index contributed by atoms with van der Waals surface area (Å²) in [5.74, 6) is 0.0296. The van der Waals surface area contributed by atoms with Crippen molar-refractivity contribution in [3.63, 3.8) is 0 Å². The molecule has 1 heterocycles. The van der Waals surface area contributed by atoms with Crippen LogP contribution in [0.5, 0.6) is 0 Å². The van der Waals surface area contributed by atoms with Gasteiger partial charge >= 0.3 is 6.09 Å². The summed E-state index contributed by atoms with van der Waals surface area (Å²) < 4.78 is 5.74. The van der Waals surface area contributed by atoms with Gasteiger partial charge in [0.25, 0.3) is 5.56 Å². The second-order valence-electron chi connectivity index (χ2n) is 6.62. The second kappa shape index (κ2) is 7.82. The van der Waals surface area contributed by atoms with Crippen molar-refractivity contribution in [3.05, 3.63) is 86.5 Å². The Balaban J connectivity index is 1.36. The number of alkyl carbamates (subject to hydrolysis) is 1. The first-order valence-electron chi connectivity index (χ1n) is 9.03. The smallest absolute Gasteiger partial charge is 0.407 e. The number of aromatic nitrogens is 2. The molecule has 4 rings (SSSR count). The molecule has 0 spiro atoms. The summed E-state index contributed by atoms with van der Waals surface area (Å²) in [6.07, 6.45) is -0.0251. The average molecular weight is 393 g/mol. The van der Waals surface area contributed by atoms with Gasteiger partial charge in [-0.15, -0.1) is 0 Å². The zero-order valence-electron chi connectivity index (χ0n) is 15.0. The predicted octanol–water partition coefficient (Wildman–Crippen LogP) is 3.51. The molecule has 0 atom stereocenters. The second-order valence-corrected chi connectivity index (χ2v) is 7.02. The Bertz CT molecular complexity index is 1060. The highest BCUT2D eigenvalue weighted by Crippen LogP contribution is 2.44. The molecule has 0 saturated carbocycles. The quantitative estimate of drug-likeness (QED) is 0.579. The Hall–Kier alpha value is -3.19. The minimum atomic E-state index is -0.481. The maximum Gasteiger partial charge on any atom is 0.407 e. The fourth-order valence-electron chi connectivity index (χ4n) is 3.60. The number of nitrogens with one attached hydrogen (secondary N) is 3. The van der Waals surface area contributed by atoms with Crippen LogP contribution in [0.1, 0.15) is 22.7 Å². The van der Waals surface area contributed by atoms with Gasteiger partial charge in [0.1, 0.15) is 6.61 Å². The van der Waals surface area contributed by atoms with Crippen LogP contribution in [0.4, 0.5) is 4.79 Å². The first kappa shape index (κ1) is 18.2. The van der Waals surface area contributed by atoms with Gasteiger partial charge in [0, 0.05) is 30.6 Å². The summed E-state index contributed by atoms with van der Waals surface area (Å²) in [5, 5.41) is 2.71. The first-order chi connectivity index (χ1) is 13.6. The maximum atomic E-state index is 12.1. The number of benzene rings is 2. The fraction of sp³-hybridized carbons (Fsp3) is 0.190. The van der Waals surface area contributed by atoms with E-state index in [1.807, 2.05) is 24.3 Å². The zero-order chi connectivity index (χ0) is 19.5. The Labute approximate surface area is 166 Å². The van der Waals surface area contributed by atoms with E-state index in [-0.39, 0.29) is 22.9 Å². The van der Waals surface area contributed by atoms with E-state index >= 15 is 0 Å². The van der Waals surface area contributed by atoms with Crippen molar-refractivity contribution in [1.29, 1.82) is 0 Å². The van der Waals surface area contributed by atoms with Crippen LogP contribution in [0.3, 0.4) is 0 Å². The highest BCUT2D eigenvalue weighted by Gasteiger charge is 2.28.